The van der Waals surface area contributed by atoms with Crippen LogP contribution in [0.2, 0.25) is 0 Å². The molecule has 1 aliphatic heterocycles. The third-order valence-electron chi connectivity index (χ3n) is 3.92. The number of hydrogen-bond acceptors (Lipinski definition) is 7. The van der Waals surface area contributed by atoms with Crippen molar-refractivity contribution in [2.75, 3.05) is 26.7 Å². The summed E-state index contributed by atoms with van der Waals surface area (Å²) in [6.07, 6.45) is -0.482. The van der Waals surface area contributed by atoms with Gasteiger partial charge in [0.2, 0.25) is 0 Å². The molecule has 0 N–H and O–H groups in total. The molecule has 1 amide bonds. The van der Waals surface area contributed by atoms with E-state index < -0.39 is 29.7 Å². The van der Waals surface area contributed by atoms with Crippen molar-refractivity contribution in [1.82, 2.24) is 9.96 Å². The first kappa shape index (κ1) is 20.7. The summed E-state index contributed by atoms with van der Waals surface area (Å²) in [6, 6.07) is 8.05. The van der Waals surface area contributed by atoms with Gasteiger partial charge in [-0.3, -0.25) is 4.79 Å². The lowest BCUT2D eigenvalue weighted by molar-refractivity contribution is -0.171. The molecule has 1 aromatic rings. The molecule has 1 aliphatic rings. The molecule has 0 spiro atoms. The number of benzene rings is 1. The maximum Gasteiger partial charge on any atom is 0.410 e. The van der Waals surface area contributed by atoms with Gasteiger partial charge in [0.1, 0.15) is 5.60 Å². The smallest absolute Gasteiger partial charge is 0.410 e. The number of methoxy groups -OCH3 is 1. The van der Waals surface area contributed by atoms with Crippen LogP contribution in [-0.4, -0.2) is 66.4 Å². The van der Waals surface area contributed by atoms with Crippen LogP contribution in [0.1, 0.15) is 37.6 Å². The number of hydroxylamine groups is 2. The average Bonchev–Trinajstić information content (AvgIpc) is 2.62. The minimum absolute atomic E-state index is 0.0160. The summed E-state index contributed by atoms with van der Waals surface area (Å²) in [4.78, 5) is 43.4. The minimum Gasteiger partial charge on any atom is -0.469 e. The molecule has 0 saturated carbocycles. The molecule has 1 saturated heterocycles. The highest BCUT2D eigenvalue weighted by Gasteiger charge is 2.35. The Morgan fingerprint density at radius 2 is 1.78 bits per heavy atom. The summed E-state index contributed by atoms with van der Waals surface area (Å²) >= 11 is 0. The van der Waals surface area contributed by atoms with Crippen LogP contribution >= 0.6 is 0 Å². The van der Waals surface area contributed by atoms with E-state index >= 15 is 0 Å². The lowest BCUT2D eigenvalue weighted by Crippen LogP contribution is -2.56. The van der Waals surface area contributed by atoms with Crippen molar-refractivity contribution < 1.29 is 28.7 Å². The molecule has 1 heterocycles. The molecule has 148 valence electrons. The molecular weight excluding hydrogens is 352 g/mol. The molecule has 0 aromatic heterocycles. The van der Waals surface area contributed by atoms with Crippen LogP contribution in [0.25, 0.3) is 0 Å². The molecule has 0 unspecified atom stereocenters. The molecule has 8 heteroatoms. The fraction of sp³-hybridized carbons (Fsp3) is 0.526. The Bertz CT molecular complexity index is 671. The zero-order valence-electron chi connectivity index (χ0n) is 16.1. The Hall–Kier alpha value is -2.61. The van der Waals surface area contributed by atoms with Crippen molar-refractivity contribution in [3.05, 3.63) is 35.9 Å². The monoisotopic (exact) mass is 378 g/mol. The second-order valence-electron chi connectivity index (χ2n) is 7.25. The van der Waals surface area contributed by atoms with E-state index in [1.54, 1.807) is 51.1 Å². The van der Waals surface area contributed by atoms with Crippen molar-refractivity contribution in [2.24, 2.45) is 0 Å². The van der Waals surface area contributed by atoms with Crippen LogP contribution in [0.15, 0.2) is 30.3 Å². The molecule has 0 bridgehead atoms. The molecular formula is C19H26N2O6. The van der Waals surface area contributed by atoms with Crippen LogP contribution in [0.4, 0.5) is 4.79 Å². The minimum atomic E-state index is -0.619. The highest BCUT2D eigenvalue weighted by Crippen LogP contribution is 2.18. The number of carbonyl (C=O) groups excluding carboxylic acids is 3. The van der Waals surface area contributed by atoms with E-state index in [-0.39, 0.29) is 19.5 Å². The van der Waals surface area contributed by atoms with Crippen LogP contribution in [0.5, 0.6) is 0 Å². The second kappa shape index (κ2) is 8.85. The van der Waals surface area contributed by atoms with E-state index in [0.29, 0.717) is 12.1 Å². The molecule has 1 aromatic carbocycles. The molecule has 0 aliphatic carbocycles. The van der Waals surface area contributed by atoms with Crippen LogP contribution < -0.4 is 0 Å². The van der Waals surface area contributed by atoms with Crippen LogP contribution in [-0.2, 0) is 19.1 Å². The number of rotatable bonds is 4. The summed E-state index contributed by atoms with van der Waals surface area (Å²) in [5.41, 5.74) is -0.213. The number of carbonyl (C=O) groups is 3. The number of piperazine rings is 1. The van der Waals surface area contributed by atoms with Gasteiger partial charge in [-0.15, -0.1) is 5.06 Å². The predicted octanol–water partition coefficient (Wildman–Crippen LogP) is 2.24. The fourth-order valence-electron chi connectivity index (χ4n) is 2.63. The summed E-state index contributed by atoms with van der Waals surface area (Å²) in [7, 11) is 1.29. The first-order valence-electron chi connectivity index (χ1n) is 8.78. The number of esters is 1. The summed E-state index contributed by atoms with van der Waals surface area (Å²) in [6.45, 7) is 6.12. The Labute approximate surface area is 158 Å². The van der Waals surface area contributed by atoms with Gasteiger partial charge in [0.15, 0.2) is 0 Å². The van der Waals surface area contributed by atoms with Crippen molar-refractivity contribution in [3.63, 3.8) is 0 Å². The van der Waals surface area contributed by atoms with Crippen LogP contribution in [0, 0.1) is 0 Å². The second-order valence-corrected chi connectivity index (χ2v) is 7.25. The van der Waals surface area contributed by atoms with Crippen molar-refractivity contribution in [1.29, 1.82) is 0 Å². The maximum absolute atomic E-state index is 12.3. The standard InChI is InChI=1S/C19H26N2O6/c1-19(2,3)26-18(24)20-10-11-21(15(13-20)12-16(22)25-4)27-17(23)14-8-6-5-7-9-14/h5-9,15H,10-13H2,1-4H3/t15-/m0/s1. The van der Waals surface area contributed by atoms with Crippen molar-refractivity contribution >= 4 is 18.0 Å². The van der Waals surface area contributed by atoms with E-state index in [9.17, 15) is 14.4 Å². The van der Waals surface area contributed by atoms with E-state index in [4.69, 9.17) is 14.3 Å². The highest BCUT2D eigenvalue weighted by molar-refractivity contribution is 5.89. The van der Waals surface area contributed by atoms with Gasteiger partial charge in [-0.2, -0.15) is 0 Å². The number of amides is 1. The Kier molecular flexibility index (Phi) is 6.79. The molecule has 27 heavy (non-hydrogen) atoms. The number of hydrogen-bond donors (Lipinski definition) is 0. The average molecular weight is 378 g/mol. The summed E-state index contributed by atoms with van der Waals surface area (Å²) in [5.74, 6) is -0.969. The molecule has 1 atom stereocenters. The van der Waals surface area contributed by atoms with Gasteiger partial charge in [-0.05, 0) is 32.9 Å². The van der Waals surface area contributed by atoms with Gasteiger partial charge in [0.05, 0.1) is 31.7 Å². The lowest BCUT2D eigenvalue weighted by Gasteiger charge is -2.39. The Balaban J connectivity index is 2.07. The van der Waals surface area contributed by atoms with Gasteiger partial charge < -0.3 is 19.2 Å². The van der Waals surface area contributed by atoms with E-state index in [1.807, 2.05) is 0 Å². The van der Waals surface area contributed by atoms with Gasteiger partial charge in [0.25, 0.3) is 0 Å². The van der Waals surface area contributed by atoms with E-state index in [2.05, 4.69) is 0 Å². The first-order valence-corrected chi connectivity index (χ1v) is 8.78. The normalized spacial score (nSPS) is 17.9. The largest absolute Gasteiger partial charge is 0.469 e. The van der Waals surface area contributed by atoms with Gasteiger partial charge in [0, 0.05) is 13.1 Å². The third-order valence-corrected chi connectivity index (χ3v) is 3.92. The topological polar surface area (TPSA) is 85.4 Å². The quantitative estimate of drug-likeness (QED) is 0.743. The predicted molar refractivity (Wildman–Crippen MR) is 96.8 cm³/mol. The zero-order valence-corrected chi connectivity index (χ0v) is 16.1. The summed E-state index contributed by atoms with van der Waals surface area (Å²) < 4.78 is 10.1. The SMILES string of the molecule is COC(=O)C[C@H]1CN(C(=O)OC(C)(C)C)CCN1OC(=O)c1ccccc1. The maximum atomic E-state index is 12.3. The van der Waals surface area contributed by atoms with E-state index in [1.165, 1.54) is 17.1 Å². The molecule has 2 rings (SSSR count). The van der Waals surface area contributed by atoms with Crippen molar-refractivity contribution in [2.45, 2.75) is 38.8 Å². The van der Waals surface area contributed by atoms with E-state index in [0.717, 1.165) is 0 Å². The van der Waals surface area contributed by atoms with Gasteiger partial charge in [-0.25, -0.2) is 9.59 Å². The zero-order chi connectivity index (χ0) is 20.0. The Morgan fingerprint density at radius 3 is 2.37 bits per heavy atom. The fourth-order valence-corrected chi connectivity index (χ4v) is 2.63. The highest BCUT2D eigenvalue weighted by atomic mass is 16.7. The molecule has 8 nitrogen and oxygen atoms in total. The number of nitrogens with zero attached hydrogens (tertiary/aromatic N) is 2. The first-order chi connectivity index (χ1) is 12.7. The Morgan fingerprint density at radius 1 is 1.11 bits per heavy atom. The third kappa shape index (κ3) is 6.25. The summed E-state index contributed by atoms with van der Waals surface area (Å²) in [5, 5.41) is 1.44. The molecule has 0 radical (unpaired) electrons. The van der Waals surface area contributed by atoms with Gasteiger partial charge in [-0.1, -0.05) is 18.2 Å². The van der Waals surface area contributed by atoms with Gasteiger partial charge >= 0.3 is 18.0 Å². The number of ether oxygens (including phenoxy) is 2. The van der Waals surface area contributed by atoms with Crippen LogP contribution in [0.3, 0.4) is 0 Å². The lowest BCUT2D eigenvalue weighted by atomic mass is 10.1. The van der Waals surface area contributed by atoms with Crippen molar-refractivity contribution in [3.8, 4) is 0 Å². The molecule has 1 fully saturated rings.